The van der Waals surface area contributed by atoms with Crippen molar-refractivity contribution in [1.29, 1.82) is 0 Å². The van der Waals surface area contributed by atoms with E-state index in [0.29, 0.717) is 0 Å². The van der Waals surface area contributed by atoms with Crippen LogP contribution in [0.5, 0.6) is 0 Å². The first kappa shape index (κ1) is 14.7. The van der Waals surface area contributed by atoms with E-state index < -0.39 is 32.6 Å². The third kappa shape index (κ3) is 2.30. The van der Waals surface area contributed by atoms with Gasteiger partial charge in [0, 0.05) is 11.1 Å². The van der Waals surface area contributed by atoms with Gasteiger partial charge < -0.3 is 5.32 Å². The molecule has 0 aliphatic carbocycles. The summed E-state index contributed by atoms with van der Waals surface area (Å²) in [5.74, 6) is -1.61. The molecule has 0 unspecified atom stereocenters. The second kappa shape index (κ2) is 4.92. The van der Waals surface area contributed by atoms with Crippen LogP contribution in [0, 0.1) is 11.6 Å². The maximum atomic E-state index is 13.8. The smallest absolute Gasteiger partial charge is 0.305 e. The van der Waals surface area contributed by atoms with Crippen LogP contribution in [0.2, 0.25) is 5.02 Å². The SMILES string of the molecule is O=C1Nc2c(-c3cccc(F)c3Cl)cc(F)cc2S(=O)(=O)N1. The van der Waals surface area contributed by atoms with Crippen LogP contribution >= 0.6 is 11.6 Å². The molecule has 3 rings (SSSR count). The van der Waals surface area contributed by atoms with Gasteiger partial charge in [0.15, 0.2) is 0 Å². The van der Waals surface area contributed by atoms with E-state index in [4.69, 9.17) is 11.6 Å². The summed E-state index contributed by atoms with van der Waals surface area (Å²) >= 11 is 5.85. The third-order valence-corrected chi connectivity index (χ3v) is 4.80. The highest BCUT2D eigenvalue weighted by atomic mass is 35.5. The predicted molar refractivity (Wildman–Crippen MR) is 76.1 cm³/mol. The topological polar surface area (TPSA) is 75.3 Å². The highest BCUT2D eigenvalue weighted by Crippen LogP contribution is 2.40. The van der Waals surface area contributed by atoms with Gasteiger partial charge in [0.25, 0.3) is 10.0 Å². The van der Waals surface area contributed by atoms with Gasteiger partial charge in [-0.3, -0.25) is 0 Å². The van der Waals surface area contributed by atoms with Crippen molar-refractivity contribution in [3.63, 3.8) is 0 Å². The zero-order valence-electron chi connectivity index (χ0n) is 10.7. The second-order valence-electron chi connectivity index (χ2n) is 4.49. The molecule has 1 heterocycles. The standard InChI is InChI=1S/C13H7ClF2N2O3S/c14-11-7(2-1-3-9(11)16)8-4-6(15)5-10-12(8)17-13(19)18-22(10,20)21/h1-5H,(H2,17,18,19). The summed E-state index contributed by atoms with van der Waals surface area (Å²) in [6.07, 6.45) is 0. The summed E-state index contributed by atoms with van der Waals surface area (Å²) in [6.45, 7) is 0. The molecule has 5 nitrogen and oxygen atoms in total. The molecule has 2 aromatic rings. The Morgan fingerprint density at radius 1 is 1.09 bits per heavy atom. The van der Waals surface area contributed by atoms with Gasteiger partial charge in [-0.25, -0.2) is 26.7 Å². The molecule has 2 amide bonds. The number of hydrogen-bond acceptors (Lipinski definition) is 3. The quantitative estimate of drug-likeness (QED) is 0.834. The lowest BCUT2D eigenvalue weighted by Crippen LogP contribution is -2.39. The third-order valence-electron chi connectivity index (χ3n) is 3.06. The molecule has 2 N–H and O–H groups in total. The zero-order valence-corrected chi connectivity index (χ0v) is 12.2. The van der Waals surface area contributed by atoms with E-state index in [2.05, 4.69) is 5.32 Å². The molecular formula is C13H7ClF2N2O3S. The fourth-order valence-electron chi connectivity index (χ4n) is 2.16. The van der Waals surface area contributed by atoms with E-state index in [1.807, 2.05) is 0 Å². The Morgan fingerprint density at radius 3 is 2.55 bits per heavy atom. The van der Waals surface area contributed by atoms with E-state index in [0.717, 1.165) is 18.2 Å². The Morgan fingerprint density at radius 2 is 1.82 bits per heavy atom. The summed E-state index contributed by atoms with van der Waals surface area (Å²) in [5.41, 5.74) is -0.120. The van der Waals surface area contributed by atoms with Crippen LogP contribution in [-0.4, -0.2) is 14.4 Å². The molecule has 0 saturated heterocycles. The lowest BCUT2D eigenvalue weighted by Gasteiger charge is -2.22. The van der Waals surface area contributed by atoms with Gasteiger partial charge in [-0.2, -0.15) is 0 Å². The Labute approximate surface area is 129 Å². The van der Waals surface area contributed by atoms with Crippen LogP contribution in [0.4, 0.5) is 19.3 Å². The number of urea groups is 1. The van der Waals surface area contributed by atoms with Crippen molar-refractivity contribution in [3.05, 3.63) is 47.0 Å². The maximum Gasteiger partial charge on any atom is 0.333 e. The number of rotatable bonds is 1. The zero-order chi connectivity index (χ0) is 16.1. The number of hydrogen-bond donors (Lipinski definition) is 2. The number of amides is 2. The van der Waals surface area contributed by atoms with Gasteiger partial charge in [-0.15, -0.1) is 0 Å². The fourth-order valence-corrected chi connectivity index (χ4v) is 3.49. The molecule has 22 heavy (non-hydrogen) atoms. The molecular weight excluding hydrogens is 338 g/mol. The highest BCUT2D eigenvalue weighted by molar-refractivity contribution is 7.90. The summed E-state index contributed by atoms with van der Waals surface area (Å²) in [4.78, 5) is 11.0. The molecule has 0 bridgehead atoms. The Bertz CT molecular complexity index is 916. The number of carbonyl (C=O) groups excluding carboxylic acids is 1. The lowest BCUT2D eigenvalue weighted by molar-refractivity contribution is 0.256. The number of halogens is 3. The average Bonchev–Trinajstić information content (AvgIpc) is 2.42. The average molecular weight is 345 g/mol. The summed E-state index contributed by atoms with van der Waals surface area (Å²) in [7, 11) is -4.21. The summed E-state index contributed by atoms with van der Waals surface area (Å²) < 4.78 is 52.9. The van der Waals surface area contributed by atoms with Gasteiger partial charge in [0.05, 0.1) is 10.7 Å². The highest BCUT2D eigenvalue weighted by Gasteiger charge is 2.31. The van der Waals surface area contributed by atoms with E-state index >= 15 is 0 Å². The van der Waals surface area contributed by atoms with Gasteiger partial charge in [0.2, 0.25) is 0 Å². The van der Waals surface area contributed by atoms with Gasteiger partial charge >= 0.3 is 6.03 Å². The Balaban J connectivity index is 2.37. The molecule has 2 aromatic carbocycles. The van der Waals surface area contributed by atoms with Crippen molar-refractivity contribution >= 4 is 33.3 Å². The van der Waals surface area contributed by atoms with E-state index in [1.165, 1.54) is 12.1 Å². The minimum atomic E-state index is -4.21. The molecule has 9 heteroatoms. The first-order chi connectivity index (χ1) is 10.3. The molecule has 0 saturated carbocycles. The van der Waals surface area contributed by atoms with Gasteiger partial charge in [-0.05, 0) is 18.2 Å². The predicted octanol–water partition coefficient (Wildman–Crippen LogP) is 3.11. The lowest BCUT2D eigenvalue weighted by atomic mass is 10.0. The van der Waals surface area contributed by atoms with Crippen molar-refractivity contribution in [2.24, 2.45) is 0 Å². The summed E-state index contributed by atoms with van der Waals surface area (Å²) in [6, 6.07) is 4.57. The van der Waals surface area contributed by atoms with Crippen molar-refractivity contribution in [3.8, 4) is 11.1 Å². The molecule has 1 aliphatic heterocycles. The van der Waals surface area contributed by atoms with Crippen LogP contribution in [-0.2, 0) is 10.0 Å². The fraction of sp³-hybridized carbons (Fsp3) is 0. The number of nitrogens with one attached hydrogen (secondary N) is 2. The first-order valence-electron chi connectivity index (χ1n) is 5.91. The van der Waals surface area contributed by atoms with Crippen LogP contribution in [0.1, 0.15) is 0 Å². The maximum absolute atomic E-state index is 13.8. The number of anilines is 1. The number of carbonyl (C=O) groups is 1. The van der Waals surface area contributed by atoms with Crippen LogP contribution in [0.25, 0.3) is 11.1 Å². The number of fused-ring (bicyclic) bond motifs is 1. The Hall–Kier alpha value is -2.19. The molecule has 0 spiro atoms. The van der Waals surface area contributed by atoms with Crippen LogP contribution in [0.3, 0.4) is 0 Å². The second-order valence-corrected chi connectivity index (χ2v) is 6.52. The number of benzene rings is 2. The molecule has 0 fully saturated rings. The summed E-state index contributed by atoms with van der Waals surface area (Å²) in [5, 5.41) is 1.97. The molecule has 0 atom stereocenters. The largest absolute Gasteiger partial charge is 0.333 e. The van der Waals surface area contributed by atoms with Crippen molar-refractivity contribution < 1.29 is 22.0 Å². The first-order valence-corrected chi connectivity index (χ1v) is 7.77. The minimum absolute atomic E-state index is 0.0297. The molecule has 0 radical (unpaired) electrons. The van der Waals surface area contributed by atoms with Crippen molar-refractivity contribution in [1.82, 2.24) is 4.72 Å². The van der Waals surface area contributed by atoms with Crippen molar-refractivity contribution in [2.45, 2.75) is 4.90 Å². The van der Waals surface area contributed by atoms with Crippen LogP contribution < -0.4 is 10.0 Å². The molecule has 0 aromatic heterocycles. The van der Waals surface area contributed by atoms with E-state index in [-0.39, 0.29) is 21.8 Å². The molecule has 1 aliphatic rings. The van der Waals surface area contributed by atoms with E-state index in [1.54, 1.807) is 4.72 Å². The normalized spacial score (nSPS) is 15.7. The minimum Gasteiger partial charge on any atom is -0.305 e. The number of sulfonamides is 1. The van der Waals surface area contributed by atoms with Crippen molar-refractivity contribution in [2.75, 3.05) is 5.32 Å². The van der Waals surface area contributed by atoms with Gasteiger partial charge in [0.1, 0.15) is 16.5 Å². The van der Waals surface area contributed by atoms with Crippen LogP contribution in [0.15, 0.2) is 35.2 Å². The van der Waals surface area contributed by atoms with Gasteiger partial charge in [-0.1, -0.05) is 23.7 Å². The van der Waals surface area contributed by atoms with E-state index in [9.17, 15) is 22.0 Å². The molecule has 114 valence electrons. The Kier molecular flexibility index (Phi) is 3.30. The monoisotopic (exact) mass is 344 g/mol.